The van der Waals surface area contributed by atoms with Gasteiger partial charge in [-0.2, -0.15) is 5.26 Å². The van der Waals surface area contributed by atoms with Crippen LogP contribution in [0.1, 0.15) is 61.7 Å². The molecule has 2 nitrogen and oxygen atoms in total. The summed E-state index contributed by atoms with van der Waals surface area (Å²) in [5, 5.41) is 8.39. The predicted octanol–water partition coefficient (Wildman–Crippen LogP) is 4.51. The van der Waals surface area contributed by atoms with Crippen molar-refractivity contribution >= 4 is 5.78 Å². The van der Waals surface area contributed by atoms with Crippen molar-refractivity contribution in [1.29, 1.82) is 5.26 Å². The van der Waals surface area contributed by atoms with Crippen molar-refractivity contribution in [1.82, 2.24) is 0 Å². The lowest BCUT2D eigenvalue weighted by atomic mass is 10.0. The van der Waals surface area contributed by atoms with Gasteiger partial charge in [-0.3, -0.25) is 4.79 Å². The van der Waals surface area contributed by atoms with E-state index in [-0.39, 0.29) is 5.78 Å². The molecule has 0 fully saturated rings. The first-order valence-electron chi connectivity index (χ1n) is 6.80. The Morgan fingerprint density at radius 2 is 1.56 bits per heavy atom. The first-order chi connectivity index (χ1) is 8.84. The van der Waals surface area contributed by atoms with Crippen LogP contribution in [0.2, 0.25) is 0 Å². The minimum atomic E-state index is 0.250. The maximum atomic E-state index is 11.8. The van der Waals surface area contributed by atoms with E-state index in [9.17, 15) is 4.79 Å². The molecule has 96 valence electrons. The molecule has 2 heteroatoms. The second-order valence-corrected chi connectivity index (χ2v) is 4.57. The third-order valence-corrected chi connectivity index (χ3v) is 3.04. The van der Waals surface area contributed by atoms with E-state index in [1.54, 1.807) is 0 Å². The summed E-state index contributed by atoms with van der Waals surface area (Å²) >= 11 is 0. The fourth-order valence-corrected chi connectivity index (χ4v) is 1.97. The fraction of sp³-hybridized carbons (Fsp3) is 0.500. The minimum Gasteiger partial charge on any atom is -0.294 e. The van der Waals surface area contributed by atoms with Gasteiger partial charge in [-0.25, -0.2) is 0 Å². The van der Waals surface area contributed by atoms with Gasteiger partial charge in [-0.15, -0.1) is 0 Å². The number of hydrogen-bond donors (Lipinski definition) is 0. The highest BCUT2D eigenvalue weighted by atomic mass is 16.1. The topological polar surface area (TPSA) is 40.9 Å². The lowest BCUT2D eigenvalue weighted by Gasteiger charge is -2.01. The summed E-state index contributed by atoms with van der Waals surface area (Å²) in [6.45, 7) is 0. The van der Waals surface area contributed by atoms with Crippen LogP contribution in [0.15, 0.2) is 30.3 Å². The van der Waals surface area contributed by atoms with Gasteiger partial charge in [0.25, 0.3) is 0 Å². The van der Waals surface area contributed by atoms with Crippen LogP contribution in [0.4, 0.5) is 0 Å². The van der Waals surface area contributed by atoms with Crippen LogP contribution in [-0.4, -0.2) is 5.78 Å². The zero-order valence-corrected chi connectivity index (χ0v) is 10.9. The van der Waals surface area contributed by atoms with Crippen molar-refractivity contribution in [3.8, 4) is 6.07 Å². The third kappa shape index (κ3) is 6.20. The number of carbonyl (C=O) groups is 1. The van der Waals surface area contributed by atoms with E-state index in [2.05, 4.69) is 6.07 Å². The summed E-state index contributed by atoms with van der Waals surface area (Å²) in [7, 11) is 0. The van der Waals surface area contributed by atoms with Gasteiger partial charge >= 0.3 is 0 Å². The third-order valence-electron chi connectivity index (χ3n) is 3.04. The van der Waals surface area contributed by atoms with E-state index >= 15 is 0 Å². The molecule has 0 saturated heterocycles. The SMILES string of the molecule is N#CCCCCCCCCC(=O)c1ccccc1. The van der Waals surface area contributed by atoms with Crippen LogP contribution in [0.5, 0.6) is 0 Å². The predicted molar refractivity (Wildman–Crippen MR) is 73.3 cm³/mol. The Balaban J connectivity index is 2.02. The summed E-state index contributed by atoms with van der Waals surface area (Å²) in [5.74, 6) is 0.250. The van der Waals surface area contributed by atoms with Crippen LogP contribution >= 0.6 is 0 Å². The zero-order valence-electron chi connectivity index (χ0n) is 10.9. The number of unbranched alkanes of at least 4 members (excludes halogenated alkanes) is 6. The Hall–Kier alpha value is -1.62. The maximum absolute atomic E-state index is 11.8. The molecule has 1 aromatic rings. The number of benzene rings is 1. The molecular weight excluding hydrogens is 222 g/mol. The van der Waals surface area contributed by atoms with E-state index in [1.807, 2.05) is 30.3 Å². The Bertz CT molecular complexity index is 378. The van der Waals surface area contributed by atoms with Crippen molar-refractivity contribution in [2.24, 2.45) is 0 Å². The van der Waals surface area contributed by atoms with Crippen LogP contribution in [0.25, 0.3) is 0 Å². The van der Waals surface area contributed by atoms with Gasteiger partial charge in [0.15, 0.2) is 5.78 Å². The van der Waals surface area contributed by atoms with Crippen LogP contribution < -0.4 is 0 Å². The molecule has 0 amide bonds. The summed E-state index contributed by atoms with van der Waals surface area (Å²) in [5.41, 5.74) is 0.825. The number of hydrogen-bond acceptors (Lipinski definition) is 2. The molecule has 1 rings (SSSR count). The number of rotatable bonds is 9. The van der Waals surface area contributed by atoms with E-state index in [1.165, 1.54) is 12.8 Å². The Morgan fingerprint density at radius 3 is 2.22 bits per heavy atom. The van der Waals surface area contributed by atoms with Gasteiger partial charge in [-0.05, 0) is 12.8 Å². The number of nitrogens with zero attached hydrogens (tertiary/aromatic N) is 1. The van der Waals surface area contributed by atoms with Crippen LogP contribution in [0.3, 0.4) is 0 Å². The van der Waals surface area contributed by atoms with Gasteiger partial charge < -0.3 is 0 Å². The van der Waals surface area contributed by atoms with E-state index in [0.717, 1.165) is 31.2 Å². The smallest absolute Gasteiger partial charge is 0.162 e. The highest BCUT2D eigenvalue weighted by molar-refractivity contribution is 5.95. The molecule has 0 aliphatic heterocycles. The molecule has 18 heavy (non-hydrogen) atoms. The Kier molecular flexibility index (Phi) is 7.55. The summed E-state index contributed by atoms with van der Waals surface area (Å²) in [6, 6.07) is 11.7. The second kappa shape index (κ2) is 9.41. The maximum Gasteiger partial charge on any atom is 0.162 e. The number of Topliss-reactive ketones (excluding diaryl/α,β-unsaturated/α-hetero) is 1. The first-order valence-corrected chi connectivity index (χ1v) is 6.80. The molecule has 1 aromatic carbocycles. The minimum absolute atomic E-state index is 0.250. The second-order valence-electron chi connectivity index (χ2n) is 4.57. The normalized spacial score (nSPS) is 9.94. The van der Waals surface area contributed by atoms with Gasteiger partial charge in [-0.1, -0.05) is 56.0 Å². The van der Waals surface area contributed by atoms with Crippen LogP contribution in [0, 0.1) is 11.3 Å². The lowest BCUT2D eigenvalue weighted by molar-refractivity contribution is 0.0979. The van der Waals surface area contributed by atoms with Crippen molar-refractivity contribution in [3.05, 3.63) is 35.9 Å². The molecule has 0 unspecified atom stereocenters. The molecular formula is C16H21NO. The lowest BCUT2D eigenvalue weighted by Crippen LogP contribution is -1.98. The summed E-state index contributed by atoms with van der Waals surface area (Å²) in [4.78, 5) is 11.8. The number of nitriles is 1. The standard InChI is InChI=1S/C16H21NO/c17-14-10-5-3-1-2-4-9-13-16(18)15-11-7-6-8-12-15/h6-8,11-12H,1-5,9-10,13H2. The first kappa shape index (κ1) is 14.4. The highest BCUT2D eigenvalue weighted by Gasteiger charge is 2.03. The number of ketones is 1. The van der Waals surface area contributed by atoms with E-state index < -0.39 is 0 Å². The molecule has 0 radical (unpaired) electrons. The molecule has 0 aromatic heterocycles. The molecule has 0 aliphatic rings. The quantitative estimate of drug-likeness (QED) is 0.473. The summed E-state index contributed by atoms with van der Waals surface area (Å²) < 4.78 is 0. The monoisotopic (exact) mass is 243 g/mol. The van der Waals surface area contributed by atoms with Gasteiger partial charge in [0.2, 0.25) is 0 Å². The fourth-order valence-electron chi connectivity index (χ4n) is 1.97. The zero-order chi connectivity index (χ0) is 13.1. The van der Waals surface area contributed by atoms with Gasteiger partial charge in [0.05, 0.1) is 6.07 Å². The largest absolute Gasteiger partial charge is 0.294 e. The summed E-state index contributed by atoms with van der Waals surface area (Å²) in [6.07, 6.45) is 7.93. The van der Waals surface area contributed by atoms with Crippen molar-refractivity contribution < 1.29 is 4.79 Å². The van der Waals surface area contributed by atoms with Crippen molar-refractivity contribution in [2.75, 3.05) is 0 Å². The van der Waals surface area contributed by atoms with Gasteiger partial charge in [0, 0.05) is 18.4 Å². The van der Waals surface area contributed by atoms with Crippen molar-refractivity contribution in [3.63, 3.8) is 0 Å². The average molecular weight is 243 g/mol. The molecule has 0 atom stereocenters. The highest BCUT2D eigenvalue weighted by Crippen LogP contribution is 2.11. The molecule has 0 spiro atoms. The molecule has 0 saturated carbocycles. The van der Waals surface area contributed by atoms with Crippen molar-refractivity contribution in [2.45, 2.75) is 51.4 Å². The van der Waals surface area contributed by atoms with Gasteiger partial charge in [0.1, 0.15) is 0 Å². The number of carbonyl (C=O) groups excluding carboxylic acids is 1. The molecule has 0 N–H and O–H groups in total. The van der Waals surface area contributed by atoms with E-state index in [0.29, 0.717) is 12.8 Å². The Labute approximate surface area is 110 Å². The van der Waals surface area contributed by atoms with Crippen LogP contribution in [-0.2, 0) is 0 Å². The van der Waals surface area contributed by atoms with E-state index in [4.69, 9.17) is 5.26 Å². The molecule has 0 bridgehead atoms. The molecule has 0 aliphatic carbocycles. The Morgan fingerprint density at radius 1 is 0.944 bits per heavy atom. The molecule has 0 heterocycles. The average Bonchev–Trinajstić information content (AvgIpc) is 2.42.